The monoisotopic (exact) mass is 418 g/mol. The summed E-state index contributed by atoms with van der Waals surface area (Å²) in [6.45, 7) is 1.87. The maximum Gasteiger partial charge on any atom is 0.307 e. The van der Waals surface area contributed by atoms with Crippen molar-refractivity contribution >= 4 is 33.8 Å². The third-order valence-corrected chi connectivity index (χ3v) is 7.60. The van der Waals surface area contributed by atoms with Gasteiger partial charge < -0.3 is 4.74 Å². The molecule has 7 nitrogen and oxygen atoms in total. The van der Waals surface area contributed by atoms with E-state index < -0.39 is 39.3 Å². The van der Waals surface area contributed by atoms with Gasteiger partial charge in [0.05, 0.1) is 12.5 Å². The van der Waals surface area contributed by atoms with Crippen molar-refractivity contribution in [1.82, 2.24) is 8.61 Å². The first kappa shape index (κ1) is 21.6. The third kappa shape index (κ3) is 4.80. The maximum atomic E-state index is 13.2. The standard InChI is InChI=1S/C17H23FN2O5S2/c1-4-5-14-17(22)20(27(23,24)19(14)2)15(10-11-16(21)25-3)26-13-8-6-12(18)7-9-13/h6-9,14-15H,4-5,10-11H2,1-3H3/t14-,15?/m0/s1. The Balaban J connectivity index is 2.34. The summed E-state index contributed by atoms with van der Waals surface area (Å²) in [4.78, 5) is 25.0. The Morgan fingerprint density at radius 1 is 1.33 bits per heavy atom. The lowest BCUT2D eigenvalue weighted by molar-refractivity contribution is -0.141. The van der Waals surface area contributed by atoms with Gasteiger partial charge in [0, 0.05) is 18.4 Å². The first-order valence-corrected chi connectivity index (χ1v) is 10.8. The molecule has 1 saturated heterocycles. The van der Waals surface area contributed by atoms with Gasteiger partial charge in [-0.05, 0) is 37.1 Å². The molecule has 27 heavy (non-hydrogen) atoms. The summed E-state index contributed by atoms with van der Waals surface area (Å²) < 4.78 is 45.4. The van der Waals surface area contributed by atoms with Gasteiger partial charge in [-0.2, -0.15) is 12.7 Å². The van der Waals surface area contributed by atoms with Gasteiger partial charge in [0.15, 0.2) is 0 Å². The van der Waals surface area contributed by atoms with Gasteiger partial charge in [0.2, 0.25) is 0 Å². The quantitative estimate of drug-likeness (QED) is 0.476. The Hall–Kier alpha value is -1.65. The number of benzene rings is 1. The van der Waals surface area contributed by atoms with Gasteiger partial charge in [0.1, 0.15) is 11.9 Å². The van der Waals surface area contributed by atoms with Crippen LogP contribution in [0.1, 0.15) is 32.6 Å². The summed E-state index contributed by atoms with van der Waals surface area (Å²) in [5.74, 6) is -1.43. The fraction of sp³-hybridized carbons (Fsp3) is 0.529. The number of amides is 1. The van der Waals surface area contributed by atoms with E-state index in [-0.39, 0.29) is 12.8 Å². The van der Waals surface area contributed by atoms with Gasteiger partial charge >= 0.3 is 16.2 Å². The van der Waals surface area contributed by atoms with Crippen LogP contribution in [0.15, 0.2) is 29.2 Å². The Morgan fingerprint density at radius 2 is 1.96 bits per heavy atom. The van der Waals surface area contributed by atoms with Crippen LogP contribution in [0, 0.1) is 5.82 Å². The van der Waals surface area contributed by atoms with E-state index in [2.05, 4.69) is 4.74 Å². The number of methoxy groups -OCH3 is 1. The number of esters is 1. The predicted octanol–water partition coefficient (Wildman–Crippen LogP) is 2.38. The number of carbonyl (C=O) groups is 2. The Morgan fingerprint density at radius 3 is 2.52 bits per heavy atom. The van der Waals surface area contributed by atoms with Crippen molar-refractivity contribution in [1.29, 1.82) is 0 Å². The molecular weight excluding hydrogens is 395 g/mol. The number of hydrogen-bond donors (Lipinski definition) is 0. The van der Waals surface area contributed by atoms with E-state index in [1.165, 1.54) is 38.4 Å². The molecule has 0 spiro atoms. The third-order valence-electron chi connectivity index (χ3n) is 4.29. The van der Waals surface area contributed by atoms with Crippen molar-refractivity contribution in [2.75, 3.05) is 14.2 Å². The second kappa shape index (κ2) is 9.03. The number of nitrogens with zero attached hydrogens (tertiary/aromatic N) is 2. The van der Waals surface area contributed by atoms with Crippen LogP contribution < -0.4 is 0 Å². The number of thioether (sulfide) groups is 1. The molecule has 0 aromatic heterocycles. The summed E-state index contributed by atoms with van der Waals surface area (Å²) in [5, 5.41) is -0.837. The summed E-state index contributed by atoms with van der Waals surface area (Å²) in [5.41, 5.74) is 0. The molecule has 1 aromatic rings. The fourth-order valence-electron chi connectivity index (χ4n) is 2.82. The summed E-state index contributed by atoms with van der Waals surface area (Å²) in [6.07, 6.45) is 1.11. The van der Waals surface area contributed by atoms with E-state index in [9.17, 15) is 22.4 Å². The maximum absolute atomic E-state index is 13.2. The molecule has 10 heteroatoms. The van der Waals surface area contributed by atoms with E-state index in [0.717, 1.165) is 20.4 Å². The first-order valence-electron chi connectivity index (χ1n) is 8.52. The topological polar surface area (TPSA) is 84.0 Å². The highest BCUT2D eigenvalue weighted by atomic mass is 32.2. The molecular formula is C17H23FN2O5S2. The number of carbonyl (C=O) groups excluding carboxylic acids is 2. The number of hydrogen-bond acceptors (Lipinski definition) is 6. The second-order valence-corrected chi connectivity index (χ2v) is 9.22. The van der Waals surface area contributed by atoms with Crippen molar-refractivity contribution in [3.05, 3.63) is 30.1 Å². The second-order valence-electron chi connectivity index (χ2n) is 6.10. The van der Waals surface area contributed by atoms with E-state index in [1.54, 1.807) is 0 Å². The molecule has 1 aliphatic rings. The SMILES string of the molecule is CCC[C@H]1C(=O)N(C(CCC(=O)OC)Sc2ccc(F)cc2)S(=O)(=O)N1C. The van der Waals surface area contributed by atoms with Crippen LogP contribution in [0.3, 0.4) is 0 Å². The van der Waals surface area contributed by atoms with Crippen molar-refractivity contribution in [3.8, 4) is 0 Å². The molecule has 1 unspecified atom stereocenters. The highest BCUT2D eigenvalue weighted by molar-refractivity contribution is 8.00. The molecule has 2 atom stereocenters. The minimum Gasteiger partial charge on any atom is -0.469 e. The average Bonchev–Trinajstić information content (AvgIpc) is 2.80. The van der Waals surface area contributed by atoms with E-state index in [4.69, 9.17) is 0 Å². The average molecular weight is 419 g/mol. The Kier molecular flexibility index (Phi) is 7.24. The molecule has 1 fully saturated rings. The van der Waals surface area contributed by atoms with Crippen LogP contribution in [0.4, 0.5) is 4.39 Å². The lowest BCUT2D eigenvalue weighted by atomic mass is 10.1. The molecule has 1 aromatic carbocycles. The van der Waals surface area contributed by atoms with Crippen molar-refractivity contribution in [2.24, 2.45) is 0 Å². The number of ether oxygens (including phenoxy) is 1. The van der Waals surface area contributed by atoms with Crippen LogP contribution in [0.5, 0.6) is 0 Å². The smallest absolute Gasteiger partial charge is 0.307 e. The van der Waals surface area contributed by atoms with Crippen LogP contribution in [0.2, 0.25) is 0 Å². The zero-order valence-corrected chi connectivity index (χ0v) is 17.1. The number of likely N-dealkylation sites (N-methyl/N-ethyl adjacent to an activating group) is 1. The molecule has 1 amide bonds. The predicted molar refractivity (Wildman–Crippen MR) is 99.5 cm³/mol. The first-order chi connectivity index (χ1) is 12.7. The van der Waals surface area contributed by atoms with Crippen molar-refractivity contribution in [2.45, 2.75) is 48.9 Å². The van der Waals surface area contributed by atoms with Crippen molar-refractivity contribution in [3.63, 3.8) is 0 Å². The largest absolute Gasteiger partial charge is 0.469 e. The molecule has 150 valence electrons. The summed E-state index contributed by atoms with van der Waals surface area (Å²) in [7, 11) is -1.37. The minimum atomic E-state index is -4.00. The van der Waals surface area contributed by atoms with E-state index in [0.29, 0.717) is 17.7 Å². The van der Waals surface area contributed by atoms with Gasteiger partial charge in [-0.1, -0.05) is 25.1 Å². The van der Waals surface area contributed by atoms with Crippen LogP contribution in [-0.2, 0) is 24.5 Å². The lowest BCUT2D eigenvalue weighted by Crippen LogP contribution is -2.40. The van der Waals surface area contributed by atoms with Gasteiger partial charge in [-0.3, -0.25) is 9.59 Å². The summed E-state index contributed by atoms with van der Waals surface area (Å²) >= 11 is 1.10. The molecule has 1 heterocycles. The summed E-state index contributed by atoms with van der Waals surface area (Å²) in [6, 6.07) is 4.77. The van der Waals surface area contributed by atoms with Crippen LogP contribution >= 0.6 is 11.8 Å². The van der Waals surface area contributed by atoms with Gasteiger partial charge in [0.25, 0.3) is 5.91 Å². The van der Waals surface area contributed by atoms with Crippen LogP contribution in [-0.4, -0.2) is 54.5 Å². The zero-order valence-electron chi connectivity index (χ0n) is 15.4. The highest BCUT2D eigenvalue weighted by Crippen LogP contribution is 2.36. The van der Waals surface area contributed by atoms with Crippen LogP contribution in [0.25, 0.3) is 0 Å². The minimum absolute atomic E-state index is 0.0448. The molecule has 0 bridgehead atoms. The fourth-order valence-corrected chi connectivity index (χ4v) is 5.87. The zero-order chi connectivity index (χ0) is 20.2. The van der Waals surface area contributed by atoms with Gasteiger partial charge in [-0.15, -0.1) is 0 Å². The Bertz CT molecular complexity index is 785. The highest BCUT2D eigenvalue weighted by Gasteiger charge is 2.50. The molecule has 0 aliphatic carbocycles. The molecule has 1 aliphatic heterocycles. The number of rotatable bonds is 8. The molecule has 0 radical (unpaired) electrons. The van der Waals surface area contributed by atoms with E-state index in [1.807, 2.05) is 6.92 Å². The number of halogens is 1. The molecule has 2 rings (SSSR count). The Labute approximate surface area is 163 Å². The van der Waals surface area contributed by atoms with Gasteiger partial charge in [-0.25, -0.2) is 8.70 Å². The molecule has 0 saturated carbocycles. The lowest BCUT2D eigenvalue weighted by Gasteiger charge is -2.26. The van der Waals surface area contributed by atoms with Crippen molar-refractivity contribution < 1.29 is 27.1 Å². The normalized spacial score (nSPS) is 20.7. The van der Waals surface area contributed by atoms with E-state index >= 15 is 0 Å². The molecule has 0 N–H and O–H groups in total.